The summed E-state index contributed by atoms with van der Waals surface area (Å²) in [6.45, 7) is 4.26. The number of benzene rings is 2. The van der Waals surface area contributed by atoms with Crippen LogP contribution in [0.15, 0.2) is 61.1 Å². The van der Waals surface area contributed by atoms with Crippen LogP contribution < -0.4 is 11.1 Å². The Morgan fingerprint density at radius 1 is 1.16 bits per heavy atom. The van der Waals surface area contributed by atoms with Crippen molar-refractivity contribution >= 4 is 23.1 Å². The predicted octanol–water partition coefficient (Wildman–Crippen LogP) is 6.59. The van der Waals surface area contributed by atoms with Crippen LogP contribution in [0.1, 0.15) is 80.3 Å². The molecule has 0 amide bonds. The molecule has 1 aliphatic rings. The molecular weight excluding hydrogens is 597 g/mol. The highest BCUT2D eigenvalue weighted by Gasteiger charge is 2.37. The van der Waals surface area contributed by atoms with Gasteiger partial charge in [-0.25, -0.2) is 4.98 Å². The Kier molecular flexibility index (Phi) is 11.8. The number of hydrogen-bond donors (Lipinski definition) is 2. The lowest BCUT2D eigenvalue weighted by Gasteiger charge is -2.38. The molecule has 1 aromatic heterocycles. The number of imidazole rings is 1. The molecule has 7 nitrogen and oxygen atoms in total. The van der Waals surface area contributed by atoms with E-state index >= 15 is 0 Å². The van der Waals surface area contributed by atoms with Crippen molar-refractivity contribution in [3.8, 4) is 6.07 Å². The fourth-order valence-electron chi connectivity index (χ4n) is 5.95. The summed E-state index contributed by atoms with van der Waals surface area (Å²) in [5.41, 5.74) is 8.39. The quantitative estimate of drug-likeness (QED) is 0.171. The van der Waals surface area contributed by atoms with Gasteiger partial charge in [0.25, 0.3) is 0 Å². The number of carbonyl (C=O) groups is 1. The van der Waals surface area contributed by atoms with Crippen molar-refractivity contribution < 1.29 is 18.0 Å². The van der Waals surface area contributed by atoms with E-state index in [1.54, 1.807) is 35.6 Å². The van der Waals surface area contributed by atoms with Gasteiger partial charge in [0.05, 0.1) is 35.6 Å². The molecule has 45 heavy (non-hydrogen) atoms. The minimum Gasteiger partial charge on any atom is -0.360 e. The molecule has 1 unspecified atom stereocenters. The first kappa shape index (κ1) is 34.1. The third-order valence-corrected chi connectivity index (χ3v) is 8.71. The van der Waals surface area contributed by atoms with Gasteiger partial charge >= 0.3 is 6.18 Å². The first-order valence-electron chi connectivity index (χ1n) is 15.4. The fraction of sp³-hybridized carbons (Fsp3) is 0.471. The molecule has 1 saturated carbocycles. The number of Topliss-reactive ketones (excluding diaryl/α,β-unsaturated/α-hetero) is 1. The average Bonchev–Trinajstić information content (AvgIpc) is 3.44. The molecule has 1 heterocycles. The van der Waals surface area contributed by atoms with Crippen LogP contribution in [0.25, 0.3) is 0 Å². The molecule has 3 aromatic rings. The van der Waals surface area contributed by atoms with Crippen molar-refractivity contribution in [2.45, 2.75) is 90.3 Å². The lowest BCUT2D eigenvalue weighted by Crippen LogP contribution is -2.56. The summed E-state index contributed by atoms with van der Waals surface area (Å²) in [6.07, 6.45) is 3.35. The summed E-state index contributed by atoms with van der Waals surface area (Å²) in [4.78, 5) is 19.9. The molecule has 3 N–H and O–H groups in total. The number of halogens is 3. The third kappa shape index (κ3) is 9.38. The number of nitrogens with zero attached hydrogens (tertiary/aromatic N) is 4. The zero-order valence-electron chi connectivity index (χ0n) is 25.8. The zero-order chi connectivity index (χ0) is 32.6. The minimum atomic E-state index is -4.55. The van der Waals surface area contributed by atoms with Crippen LogP contribution in [0.4, 0.5) is 13.2 Å². The van der Waals surface area contributed by atoms with Crippen LogP contribution in [0.5, 0.6) is 0 Å². The van der Waals surface area contributed by atoms with Gasteiger partial charge in [0.1, 0.15) is 5.78 Å². The van der Waals surface area contributed by atoms with E-state index in [0.717, 1.165) is 43.7 Å². The number of hydrogen-bond acceptors (Lipinski definition) is 5. The molecular formula is C34H41F3N6OS. The van der Waals surface area contributed by atoms with E-state index in [1.807, 2.05) is 30.5 Å². The molecule has 240 valence electrons. The molecule has 11 heteroatoms. The zero-order valence-corrected chi connectivity index (χ0v) is 26.6. The number of nitriles is 1. The van der Waals surface area contributed by atoms with Gasteiger partial charge in [-0.05, 0) is 66.7 Å². The van der Waals surface area contributed by atoms with Crippen LogP contribution in [-0.2, 0) is 30.5 Å². The number of thiocarbonyl (C=S) groups is 1. The average molecular weight is 639 g/mol. The van der Waals surface area contributed by atoms with Crippen molar-refractivity contribution in [1.29, 1.82) is 5.26 Å². The fourth-order valence-corrected chi connectivity index (χ4v) is 6.30. The van der Waals surface area contributed by atoms with Gasteiger partial charge in [0, 0.05) is 37.4 Å². The van der Waals surface area contributed by atoms with Gasteiger partial charge in [0.15, 0.2) is 5.11 Å². The van der Waals surface area contributed by atoms with E-state index in [1.165, 1.54) is 12.1 Å². The highest BCUT2D eigenvalue weighted by atomic mass is 32.1. The summed E-state index contributed by atoms with van der Waals surface area (Å²) in [7, 11) is 0. The van der Waals surface area contributed by atoms with E-state index in [4.69, 9.17) is 23.2 Å². The number of ketones is 1. The summed E-state index contributed by atoms with van der Waals surface area (Å²) >= 11 is 5.82. The number of aromatic nitrogens is 2. The molecule has 0 saturated heterocycles. The Morgan fingerprint density at radius 2 is 1.84 bits per heavy atom. The number of carbonyl (C=O) groups excluding carboxylic acids is 1. The maximum absolute atomic E-state index is 14.0. The monoisotopic (exact) mass is 638 g/mol. The smallest absolute Gasteiger partial charge is 0.360 e. The van der Waals surface area contributed by atoms with Gasteiger partial charge in [-0.2, -0.15) is 18.4 Å². The Morgan fingerprint density at radius 3 is 2.49 bits per heavy atom. The van der Waals surface area contributed by atoms with Gasteiger partial charge < -0.3 is 20.5 Å². The van der Waals surface area contributed by atoms with Gasteiger partial charge in [-0.1, -0.05) is 63.4 Å². The van der Waals surface area contributed by atoms with E-state index in [-0.39, 0.29) is 41.4 Å². The number of nitrogens with one attached hydrogen (secondary N) is 1. The maximum Gasteiger partial charge on any atom is 0.416 e. The topological polar surface area (TPSA) is 100.0 Å². The Labute approximate surface area is 268 Å². The highest BCUT2D eigenvalue weighted by molar-refractivity contribution is 7.80. The maximum atomic E-state index is 14.0. The number of nitrogens with two attached hydrogens (primary N) is 1. The second-order valence-corrected chi connectivity index (χ2v) is 12.6. The van der Waals surface area contributed by atoms with E-state index in [2.05, 4.69) is 16.4 Å². The molecule has 0 bridgehead atoms. The van der Waals surface area contributed by atoms with Crippen molar-refractivity contribution in [3.05, 3.63) is 89.0 Å². The summed E-state index contributed by atoms with van der Waals surface area (Å²) in [5, 5.41) is 12.7. The van der Waals surface area contributed by atoms with Crippen LogP contribution >= 0.6 is 12.2 Å². The molecule has 0 radical (unpaired) electrons. The van der Waals surface area contributed by atoms with Crippen molar-refractivity contribution in [2.24, 2.45) is 17.6 Å². The highest BCUT2D eigenvalue weighted by Crippen LogP contribution is 2.33. The van der Waals surface area contributed by atoms with Gasteiger partial charge in [-0.15, -0.1) is 0 Å². The Bertz CT molecular complexity index is 1470. The van der Waals surface area contributed by atoms with Crippen LogP contribution in [-0.4, -0.2) is 37.6 Å². The third-order valence-electron chi connectivity index (χ3n) is 8.36. The molecule has 4 rings (SSSR count). The first-order valence-corrected chi connectivity index (χ1v) is 15.9. The van der Waals surface area contributed by atoms with E-state index in [0.29, 0.717) is 24.2 Å². The van der Waals surface area contributed by atoms with Gasteiger partial charge in [-0.3, -0.25) is 4.79 Å². The molecule has 2 aromatic carbocycles. The molecule has 2 atom stereocenters. The minimum absolute atomic E-state index is 0.0458. The SMILES string of the molecule is CC(C)C[C@H](C(=O)Cc1cncn1Cc1ccc(C#N)cc1)C(N)N(Cc1ccccc1C(F)(F)F)C(=S)NC1CCCCC1. The number of alkyl halides is 3. The Balaban J connectivity index is 1.60. The molecule has 0 spiro atoms. The summed E-state index contributed by atoms with van der Waals surface area (Å²) < 4.78 is 43.9. The van der Waals surface area contributed by atoms with E-state index in [9.17, 15) is 18.0 Å². The van der Waals surface area contributed by atoms with Crippen molar-refractivity contribution in [2.75, 3.05) is 0 Å². The predicted molar refractivity (Wildman–Crippen MR) is 172 cm³/mol. The summed E-state index contributed by atoms with van der Waals surface area (Å²) in [6, 6.07) is 14.8. The first-order chi connectivity index (χ1) is 21.5. The molecule has 1 fully saturated rings. The number of rotatable bonds is 12. The van der Waals surface area contributed by atoms with Crippen LogP contribution in [0, 0.1) is 23.2 Å². The summed E-state index contributed by atoms with van der Waals surface area (Å²) in [5.74, 6) is -0.738. The van der Waals surface area contributed by atoms with Gasteiger partial charge in [0.2, 0.25) is 0 Å². The largest absolute Gasteiger partial charge is 0.416 e. The Hall–Kier alpha value is -3.75. The molecule has 0 aliphatic heterocycles. The lowest BCUT2D eigenvalue weighted by molar-refractivity contribution is -0.138. The second-order valence-electron chi connectivity index (χ2n) is 12.3. The van der Waals surface area contributed by atoms with Crippen molar-refractivity contribution in [3.63, 3.8) is 0 Å². The standard InChI is InChI=1S/C34H41F3N6OS/c1-23(2)16-29(31(44)17-28-19-40-22-42(28)20-25-14-12-24(18-38)13-15-25)32(39)43(33(45)41-27-9-4-3-5-10-27)21-26-8-6-7-11-30(26)34(35,36)37/h6-8,11-15,19,22-23,27,29,32H,3-5,9-10,16-17,20-21,39H2,1-2H3,(H,41,45)/t29-,32?/m1/s1. The van der Waals surface area contributed by atoms with Crippen LogP contribution in [0.3, 0.4) is 0 Å². The van der Waals surface area contributed by atoms with Crippen LogP contribution in [0.2, 0.25) is 0 Å². The second kappa shape index (κ2) is 15.5. The lowest BCUT2D eigenvalue weighted by atomic mass is 9.88. The van der Waals surface area contributed by atoms with E-state index < -0.39 is 23.8 Å². The molecule has 1 aliphatic carbocycles. The van der Waals surface area contributed by atoms with Crippen molar-refractivity contribution in [1.82, 2.24) is 19.8 Å². The normalized spacial score (nSPS) is 15.3.